The second-order valence-electron chi connectivity index (χ2n) is 6.91. The predicted molar refractivity (Wildman–Crippen MR) is 117 cm³/mol. The van der Waals surface area contributed by atoms with Crippen LogP contribution < -0.4 is 10.6 Å². The molecule has 1 saturated heterocycles. The first-order valence-electron chi connectivity index (χ1n) is 9.89. The lowest BCUT2D eigenvalue weighted by molar-refractivity contribution is 0.0526. The van der Waals surface area contributed by atoms with E-state index in [4.69, 9.17) is 9.72 Å². The minimum absolute atomic E-state index is 0.330. The minimum Gasteiger partial charge on any atom is -0.462 e. The van der Waals surface area contributed by atoms with Gasteiger partial charge in [-0.2, -0.15) is 0 Å². The molecular formula is C22H24N4O2S. The van der Waals surface area contributed by atoms with Gasteiger partial charge in [0.1, 0.15) is 5.82 Å². The van der Waals surface area contributed by atoms with Crippen molar-refractivity contribution in [3.05, 3.63) is 54.2 Å². The Balaban J connectivity index is 1.52. The van der Waals surface area contributed by atoms with Gasteiger partial charge in [-0.05, 0) is 63.2 Å². The summed E-state index contributed by atoms with van der Waals surface area (Å²) in [7, 11) is 0. The number of ether oxygens (including phenoxy) is 1. The SMILES string of the molecule is CCOC(=O)c1cccc(Nc2cc3nc(SC4CCNCC4)ccc3cn2)c1. The lowest BCUT2D eigenvalue weighted by Crippen LogP contribution is -2.29. The van der Waals surface area contributed by atoms with Crippen molar-refractivity contribution in [1.29, 1.82) is 0 Å². The molecule has 1 aliphatic rings. The molecule has 1 aliphatic heterocycles. The molecule has 3 heterocycles. The third-order valence-corrected chi connectivity index (χ3v) is 6.04. The van der Waals surface area contributed by atoms with Crippen LogP contribution >= 0.6 is 11.8 Å². The van der Waals surface area contributed by atoms with E-state index in [2.05, 4.69) is 27.8 Å². The quantitative estimate of drug-likeness (QED) is 0.586. The maximum Gasteiger partial charge on any atom is 0.338 e. The molecule has 29 heavy (non-hydrogen) atoms. The van der Waals surface area contributed by atoms with Crippen LogP contribution in [-0.4, -0.2) is 40.9 Å². The molecule has 4 rings (SSSR count). The highest BCUT2D eigenvalue weighted by atomic mass is 32.2. The first-order chi connectivity index (χ1) is 14.2. The Labute approximate surface area is 174 Å². The van der Waals surface area contributed by atoms with E-state index in [9.17, 15) is 4.79 Å². The van der Waals surface area contributed by atoms with Gasteiger partial charge in [0.05, 0.1) is 22.7 Å². The van der Waals surface area contributed by atoms with Crippen LogP contribution in [0.15, 0.2) is 53.7 Å². The van der Waals surface area contributed by atoms with Gasteiger partial charge in [0.25, 0.3) is 0 Å². The number of carbonyl (C=O) groups is 1. The number of thioether (sulfide) groups is 1. The van der Waals surface area contributed by atoms with Gasteiger partial charge in [0.2, 0.25) is 0 Å². The van der Waals surface area contributed by atoms with Crippen molar-refractivity contribution < 1.29 is 9.53 Å². The van der Waals surface area contributed by atoms with Crippen LogP contribution in [0, 0.1) is 0 Å². The highest BCUT2D eigenvalue weighted by Crippen LogP contribution is 2.29. The van der Waals surface area contributed by atoms with E-state index < -0.39 is 0 Å². The maximum absolute atomic E-state index is 11.9. The third-order valence-electron chi connectivity index (χ3n) is 4.77. The van der Waals surface area contributed by atoms with E-state index in [1.54, 1.807) is 19.1 Å². The number of pyridine rings is 2. The van der Waals surface area contributed by atoms with Crippen LogP contribution in [0.25, 0.3) is 10.9 Å². The number of fused-ring (bicyclic) bond motifs is 1. The summed E-state index contributed by atoms with van der Waals surface area (Å²) < 4.78 is 5.07. The number of nitrogens with zero attached hydrogens (tertiary/aromatic N) is 2. The molecule has 2 N–H and O–H groups in total. The Hall–Kier alpha value is -2.64. The Morgan fingerprint density at radius 1 is 1.24 bits per heavy atom. The molecule has 1 fully saturated rings. The average molecular weight is 409 g/mol. The first-order valence-corrected chi connectivity index (χ1v) is 10.8. The average Bonchev–Trinajstić information content (AvgIpc) is 2.75. The molecule has 0 aliphatic carbocycles. The van der Waals surface area contributed by atoms with Crippen LogP contribution in [0.3, 0.4) is 0 Å². The Morgan fingerprint density at radius 2 is 2.10 bits per heavy atom. The smallest absolute Gasteiger partial charge is 0.338 e. The molecule has 2 aromatic heterocycles. The van der Waals surface area contributed by atoms with E-state index in [0.29, 0.717) is 23.2 Å². The van der Waals surface area contributed by atoms with Gasteiger partial charge in [-0.1, -0.05) is 6.07 Å². The van der Waals surface area contributed by atoms with E-state index in [0.717, 1.165) is 34.7 Å². The predicted octanol–water partition coefficient (Wildman–Crippen LogP) is 4.39. The van der Waals surface area contributed by atoms with Crippen molar-refractivity contribution >= 4 is 40.1 Å². The van der Waals surface area contributed by atoms with Crippen molar-refractivity contribution in [2.24, 2.45) is 0 Å². The van der Waals surface area contributed by atoms with Gasteiger partial charge < -0.3 is 15.4 Å². The standard InChI is InChI=1S/C22H24N4O2S/c1-2-28-22(27)15-4-3-5-17(12-15)25-20-13-19-16(14-24-20)6-7-21(26-19)29-18-8-10-23-11-9-18/h3-7,12-14,18,23H,2,8-11H2,1H3,(H,24,25). The molecule has 3 aromatic rings. The largest absolute Gasteiger partial charge is 0.462 e. The summed E-state index contributed by atoms with van der Waals surface area (Å²) in [6, 6.07) is 13.3. The summed E-state index contributed by atoms with van der Waals surface area (Å²) in [6.45, 7) is 4.30. The first kappa shape index (κ1) is 19.7. The highest BCUT2D eigenvalue weighted by Gasteiger charge is 2.15. The van der Waals surface area contributed by atoms with Gasteiger partial charge in [-0.15, -0.1) is 11.8 Å². The normalized spacial score (nSPS) is 14.7. The Kier molecular flexibility index (Phi) is 6.27. The molecule has 0 unspecified atom stereocenters. The van der Waals surface area contributed by atoms with E-state index in [1.807, 2.05) is 36.2 Å². The molecular weight excluding hydrogens is 384 g/mol. The van der Waals surface area contributed by atoms with E-state index in [-0.39, 0.29) is 5.97 Å². The number of nitrogens with one attached hydrogen (secondary N) is 2. The van der Waals surface area contributed by atoms with Crippen LogP contribution in [0.2, 0.25) is 0 Å². The lowest BCUT2D eigenvalue weighted by Gasteiger charge is -2.21. The highest BCUT2D eigenvalue weighted by molar-refractivity contribution is 7.99. The van der Waals surface area contributed by atoms with Crippen molar-refractivity contribution in [3.8, 4) is 0 Å². The molecule has 0 radical (unpaired) electrons. The molecule has 0 amide bonds. The van der Waals surface area contributed by atoms with Crippen molar-refractivity contribution in [3.63, 3.8) is 0 Å². The second kappa shape index (κ2) is 9.24. The van der Waals surface area contributed by atoms with Crippen LogP contribution in [0.5, 0.6) is 0 Å². The summed E-state index contributed by atoms with van der Waals surface area (Å²) >= 11 is 1.86. The topological polar surface area (TPSA) is 76.1 Å². The summed E-state index contributed by atoms with van der Waals surface area (Å²) in [5, 5.41) is 9.33. The van der Waals surface area contributed by atoms with Crippen LogP contribution in [0.1, 0.15) is 30.1 Å². The molecule has 7 heteroatoms. The number of esters is 1. The lowest BCUT2D eigenvalue weighted by atomic mass is 10.2. The zero-order chi connectivity index (χ0) is 20.1. The number of hydrogen-bond acceptors (Lipinski definition) is 7. The fourth-order valence-corrected chi connectivity index (χ4v) is 4.41. The van der Waals surface area contributed by atoms with Crippen molar-refractivity contribution in [2.45, 2.75) is 30.0 Å². The number of aromatic nitrogens is 2. The number of benzene rings is 1. The Morgan fingerprint density at radius 3 is 2.93 bits per heavy atom. The van der Waals surface area contributed by atoms with Gasteiger partial charge in [-0.3, -0.25) is 0 Å². The van der Waals surface area contributed by atoms with E-state index >= 15 is 0 Å². The maximum atomic E-state index is 11.9. The van der Waals surface area contributed by atoms with Gasteiger partial charge >= 0.3 is 5.97 Å². The molecule has 0 spiro atoms. The Bertz CT molecular complexity index is 1010. The number of rotatable bonds is 6. The molecule has 150 valence electrons. The summed E-state index contributed by atoms with van der Waals surface area (Å²) in [6.07, 6.45) is 4.16. The van der Waals surface area contributed by atoms with Gasteiger partial charge in [0.15, 0.2) is 0 Å². The van der Waals surface area contributed by atoms with Gasteiger partial charge in [-0.25, -0.2) is 14.8 Å². The summed E-state index contributed by atoms with van der Waals surface area (Å²) in [5.74, 6) is 0.360. The molecule has 1 aromatic carbocycles. The van der Waals surface area contributed by atoms with Gasteiger partial charge in [0, 0.05) is 28.6 Å². The third kappa shape index (κ3) is 5.05. The molecule has 0 bridgehead atoms. The second-order valence-corrected chi connectivity index (χ2v) is 8.23. The monoisotopic (exact) mass is 408 g/mol. The summed E-state index contributed by atoms with van der Waals surface area (Å²) in [5.41, 5.74) is 2.20. The zero-order valence-electron chi connectivity index (χ0n) is 16.4. The summed E-state index contributed by atoms with van der Waals surface area (Å²) in [4.78, 5) is 21.2. The number of piperidine rings is 1. The number of carbonyl (C=O) groups excluding carboxylic acids is 1. The molecule has 0 atom stereocenters. The van der Waals surface area contributed by atoms with Crippen molar-refractivity contribution in [2.75, 3.05) is 25.0 Å². The molecule has 0 saturated carbocycles. The number of hydrogen-bond donors (Lipinski definition) is 2. The number of anilines is 2. The van der Waals surface area contributed by atoms with E-state index in [1.165, 1.54) is 12.8 Å². The minimum atomic E-state index is -0.330. The fourth-order valence-electron chi connectivity index (χ4n) is 3.30. The fraction of sp³-hybridized carbons (Fsp3) is 0.318. The van der Waals surface area contributed by atoms with Crippen LogP contribution in [0.4, 0.5) is 11.5 Å². The molecule has 6 nitrogen and oxygen atoms in total. The van der Waals surface area contributed by atoms with Crippen molar-refractivity contribution in [1.82, 2.24) is 15.3 Å². The zero-order valence-corrected chi connectivity index (χ0v) is 17.2. The van der Waals surface area contributed by atoms with Crippen LogP contribution in [-0.2, 0) is 4.74 Å².